The summed E-state index contributed by atoms with van der Waals surface area (Å²) in [6.07, 6.45) is 8.51. The maximum atomic E-state index is 10.9. The maximum absolute atomic E-state index is 10.9. The number of rotatable bonds is 2. The first-order valence-electron chi connectivity index (χ1n) is 5.49. The van der Waals surface area contributed by atoms with E-state index in [4.69, 9.17) is 0 Å². The van der Waals surface area contributed by atoms with Crippen LogP contribution in [0.25, 0.3) is 0 Å². The number of aromatic nitrogens is 1. The fraction of sp³-hybridized carbons (Fsp3) is 0.636. The molecule has 2 rings (SSSR count). The molecule has 0 aromatic carbocycles. The molecule has 1 aromatic heterocycles. The smallest absolute Gasteiger partial charge is 0.223 e. The van der Waals surface area contributed by atoms with Gasteiger partial charge in [0.1, 0.15) is 0 Å². The van der Waals surface area contributed by atoms with E-state index in [1.807, 2.05) is 6.20 Å². The van der Waals surface area contributed by atoms with Crippen LogP contribution in [0.15, 0.2) is 6.20 Å². The SMILES string of the molecule is CC(=O)Nc1ncc(C2CCCCC2)s1. The van der Waals surface area contributed by atoms with Crippen molar-refractivity contribution in [2.45, 2.75) is 44.9 Å². The highest BCUT2D eigenvalue weighted by molar-refractivity contribution is 7.15. The first kappa shape index (κ1) is 10.6. The fourth-order valence-corrected chi connectivity index (χ4v) is 3.10. The predicted octanol–water partition coefficient (Wildman–Crippen LogP) is 3.15. The zero-order valence-electron chi connectivity index (χ0n) is 8.95. The summed E-state index contributed by atoms with van der Waals surface area (Å²) in [5, 5.41) is 3.47. The summed E-state index contributed by atoms with van der Waals surface area (Å²) in [5.41, 5.74) is 0. The zero-order valence-corrected chi connectivity index (χ0v) is 9.77. The van der Waals surface area contributed by atoms with Crippen LogP contribution in [-0.2, 0) is 4.79 Å². The normalized spacial score (nSPS) is 17.7. The van der Waals surface area contributed by atoms with Crippen LogP contribution in [0.4, 0.5) is 5.13 Å². The fourth-order valence-electron chi connectivity index (χ4n) is 2.07. The molecule has 0 aliphatic heterocycles. The van der Waals surface area contributed by atoms with Gasteiger partial charge in [-0.2, -0.15) is 0 Å². The van der Waals surface area contributed by atoms with Crippen molar-refractivity contribution in [1.29, 1.82) is 0 Å². The average Bonchev–Trinajstić information content (AvgIpc) is 2.67. The monoisotopic (exact) mass is 224 g/mol. The molecule has 0 unspecified atom stereocenters. The molecule has 1 aromatic rings. The molecule has 0 bridgehead atoms. The van der Waals surface area contributed by atoms with E-state index in [-0.39, 0.29) is 5.91 Å². The lowest BCUT2D eigenvalue weighted by Crippen LogP contribution is -2.04. The highest BCUT2D eigenvalue weighted by Crippen LogP contribution is 2.36. The number of hydrogen-bond acceptors (Lipinski definition) is 3. The number of nitrogens with zero attached hydrogens (tertiary/aromatic N) is 1. The number of nitrogens with one attached hydrogen (secondary N) is 1. The molecule has 1 heterocycles. The molecule has 1 N–H and O–H groups in total. The summed E-state index contributed by atoms with van der Waals surface area (Å²) < 4.78 is 0. The van der Waals surface area contributed by atoms with Crippen LogP contribution in [0.2, 0.25) is 0 Å². The van der Waals surface area contributed by atoms with Crippen LogP contribution in [-0.4, -0.2) is 10.9 Å². The molecule has 1 fully saturated rings. The zero-order chi connectivity index (χ0) is 10.7. The number of amides is 1. The average molecular weight is 224 g/mol. The van der Waals surface area contributed by atoms with Crippen LogP contribution in [0.5, 0.6) is 0 Å². The second-order valence-corrected chi connectivity index (χ2v) is 5.15. The summed E-state index contributed by atoms with van der Waals surface area (Å²) >= 11 is 1.62. The van der Waals surface area contributed by atoms with Gasteiger partial charge in [0.05, 0.1) is 0 Å². The van der Waals surface area contributed by atoms with Gasteiger partial charge in [0.15, 0.2) is 5.13 Å². The Labute approximate surface area is 93.9 Å². The van der Waals surface area contributed by atoms with Gasteiger partial charge < -0.3 is 5.32 Å². The van der Waals surface area contributed by atoms with Gasteiger partial charge in [0, 0.05) is 18.0 Å². The largest absolute Gasteiger partial charge is 0.302 e. The minimum absolute atomic E-state index is 0.0421. The molecular formula is C11H16N2OS. The third-order valence-corrected chi connectivity index (χ3v) is 3.89. The molecule has 0 atom stereocenters. The van der Waals surface area contributed by atoms with Crippen LogP contribution in [0.1, 0.15) is 49.8 Å². The molecule has 1 amide bonds. The summed E-state index contributed by atoms with van der Waals surface area (Å²) in [6, 6.07) is 0. The second-order valence-electron chi connectivity index (χ2n) is 4.08. The van der Waals surface area contributed by atoms with Gasteiger partial charge in [-0.15, -0.1) is 11.3 Å². The first-order valence-corrected chi connectivity index (χ1v) is 6.30. The van der Waals surface area contributed by atoms with Crippen LogP contribution < -0.4 is 5.32 Å². The van der Waals surface area contributed by atoms with Gasteiger partial charge in [-0.25, -0.2) is 4.98 Å². The van der Waals surface area contributed by atoms with Gasteiger partial charge in [-0.05, 0) is 18.8 Å². The highest BCUT2D eigenvalue weighted by Gasteiger charge is 2.18. The molecule has 4 heteroatoms. The number of anilines is 1. The minimum atomic E-state index is -0.0421. The molecule has 1 saturated carbocycles. The number of thiazole rings is 1. The Morgan fingerprint density at radius 2 is 2.20 bits per heavy atom. The van der Waals surface area contributed by atoms with Crippen molar-refractivity contribution in [2.75, 3.05) is 5.32 Å². The van der Waals surface area contributed by atoms with Crippen LogP contribution in [0.3, 0.4) is 0 Å². The second kappa shape index (κ2) is 4.75. The van der Waals surface area contributed by atoms with Gasteiger partial charge in [0.2, 0.25) is 5.91 Å². The van der Waals surface area contributed by atoms with E-state index in [0.29, 0.717) is 5.92 Å². The lowest BCUT2D eigenvalue weighted by Gasteiger charge is -2.19. The Morgan fingerprint density at radius 3 is 2.87 bits per heavy atom. The third-order valence-electron chi connectivity index (χ3n) is 2.81. The highest BCUT2D eigenvalue weighted by atomic mass is 32.1. The Bertz CT molecular complexity index is 342. The van der Waals surface area contributed by atoms with Gasteiger partial charge >= 0.3 is 0 Å². The summed E-state index contributed by atoms with van der Waals surface area (Å²) in [4.78, 5) is 16.4. The van der Waals surface area contributed by atoms with Gasteiger partial charge in [-0.1, -0.05) is 19.3 Å². The van der Waals surface area contributed by atoms with E-state index in [9.17, 15) is 4.79 Å². The number of carbonyl (C=O) groups is 1. The van der Waals surface area contributed by atoms with E-state index < -0.39 is 0 Å². The summed E-state index contributed by atoms with van der Waals surface area (Å²) in [7, 11) is 0. The van der Waals surface area contributed by atoms with Gasteiger partial charge in [0.25, 0.3) is 0 Å². The summed E-state index contributed by atoms with van der Waals surface area (Å²) in [5.74, 6) is 0.637. The molecule has 0 spiro atoms. The molecule has 0 saturated heterocycles. The van der Waals surface area contributed by atoms with Crippen molar-refractivity contribution in [1.82, 2.24) is 4.98 Å². The number of hydrogen-bond donors (Lipinski definition) is 1. The maximum Gasteiger partial charge on any atom is 0.223 e. The first-order chi connectivity index (χ1) is 7.25. The topological polar surface area (TPSA) is 42.0 Å². The lowest BCUT2D eigenvalue weighted by molar-refractivity contribution is -0.114. The van der Waals surface area contributed by atoms with Crippen molar-refractivity contribution < 1.29 is 4.79 Å². The molecule has 82 valence electrons. The van der Waals surface area contributed by atoms with Crippen molar-refractivity contribution in [3.63, 3.8) is 0 Å². The summed E-state index contributed by atoms with van der Waals surface area (Å²) in [6.45, 7) is 1.52. The predicted molar refractivity (Wildman–Crippen MR) is 62.2 cm³/mol. The Balaban J connectivity index is 2.02. The van der Waals surface area contributed by atoms with Crippen molar-refractivity contribution >= 4 is 22.4 Å². The quantitative estimate of drug-likeness (QED) is 0.838. The third kappa shape index (κ3) is 2.78. The van der Waals surface area contributed by atoms with Crippen molar-refractivity contribution in [3.05, 3.63) is 11.1 Å². The minimum Gasteiger partial charge on any atom is -0.302 e. The molecule has 15 heavy (non-hydrogen) atoms. The van der Waals surface area contributed by atoms with E-state index in [1.54, 1.807) is 11.3 Å². The van der Waals surface area contributed by atoms with Crippen LogP contribution in [0, 0.1) is 0 Å². The molecule has 3 nitrogen and oxygen atoms in total. The lowest BCUT2D eigenvalue weighted by atomic mass is 9.89. The standard InChI is InChI=1S/C11H16N2OS/c1-8(14)13-11-12-7-10(15-11)9-5-3-2-4-6-9/h7,9H,2-6H2,1H3,(H,12,13,14). The Hall–Kier alpha value is -0.900. The van der Waals surface area contributed by atoms with E-state index in [0.717, 1.165) is 5.13 Å². The van der Waals surface area contributed by atoms with Crippen molar-refractivity contribution in [3.8, 4) is 0 Å². The van der Waals surface area contributed by atoms with Crippen LogP contribution >= 0.6 is 11.3 Å². The van der Waals surface area contributed by atoms with E-state index in [1.165, 1.54) is 43.9 Å². The molecule has 1 aliphatic carbocycles. The van der Waals surface area contributed by atoms with E-state index >= 15 is 0 Å². The Kier molecular flexibility index (Phi) is 3.36. The van der Waals surface area contributed by atoms with Crippen molar-refractivity contribution in [2.24, 2.45) is 0 Å². The molecule has 0 radical (unpaired) electrons. The molecule has 1 aliphatic rings. The number of carbonyl (C=O) groups excluding carboxylic acids is 1. The van der Waals surface area contributed by atoms with E-state index in [2.05, 4.69) is 10.3 Å². The van der Waals surface area contributed by atoms with Gasteiger partial charge in [-0.3, -0.25) is 4.79 Å². The molecular weight excluding hydrogens is 208 g/mol. The Morgan fingerprint density at radius 1 is 1.47 bits per heavy atom.